The van der Waals surface area contributed by atoms with Crippen molar-refractivity contribution in [1.29, 1.82) is 0 Å². The van der Waals surface area contributed by atoms with Gasteiger partial charge in [0.2, 0.25) is 0 Å². The third kappa shape index (κ3) is 4.11. The van der Waals surface area contributed by atoms with E-state index in [0.717, 1.165) is 29.9 Å². The van der Waals surface area contributed by atoms with E-state index in [1.807, 2.05) is 60.7 Å². The molecule has 0 bridgehead atoms. The highest BCUT2D eigenvalue weighted by molar-refractivity contribution is 7.22. The lowest BCUT2D eigenvalue weighted by Crippen LogP contribution is -2.11. The fraction of sp³-hybridized carbons (Fsp3) is 0.143. The normalized spacial score (nSPS) is 11.1. The molecule has 0 saturated heterocycles. The quantitative estimate of drug-likeness (QED) is 0.230. The zero-order valence-corrected chi connectivity index (χ0v) is 20.4. The molecule has 4 nitrogen and oxygen atoms in total. The zero-order chi connectivity index (χ0) is 23.7. The van der Waals surface area contributed by atoms with Crippen molar-refractivity contribution in [2.45, 2.75) is 13.8 Å². The first-order valence-corrected chi connectivity index (χ1v) is 12.7. The van der Waals surface area contributed by atoms with Gasteiger partial charge in [0.15, 0.2) is 0 Å². The summed E-state index contributed by atoms with van der Waals surface area (Å²) in [6.45, 7) is 4.11. The molecule has 0 radical (unpaired) electrons. The van der Waals surface area contributed by atoms with Gasteiger partial charge in [-0.15, -0.1) is 22.7 Å². The van der Waals surface area contributed by atoms with Crippen LogP contribution in [0.15, 0.2) is 72.8 Å². The summed E-state index contributed by atoms with van der Waals surface area (Å²) in [5.41, 5.74) is 2.22. The molecule has 0 aliphatic rings. The van der Waals surface area contributed by atoms with Crippen molar-refractivity contribution >= 4 is 54.8 Å². The number of thiophene rings is 2. The van der Waals surface area contributed by atoms with Gasteiger partial charge >= 0.3 is 11.9 Å². The predicted octanol–water partition coefficient (Wildman–Crippen LogP) is 7.80. The van der Waals surface area contributed by atoms with Gasteiger partial charge < -0.3 is 9.47 Å². The first-order chi connectivity index (χ1) is 16.6. The third-order valence-corrected chi connectivity index (χ3v) is 7.83. The second kappa shape index (κ2) is 9.41. The molecule has 0 atom stereocenters. The van der Waals surface area contributed by atoms with Crippen LogP contribution in [0.4, 0.5) is 0 Å². The average Bonchev–Trinajstić information content (AvgIpc) is 3.47. The Kier molecular flexibility index (Phi) is 6.18. The lowest BCUT2D eigenvalue weighted by atomic mass is 9.95. The molecule has 0 N–H and O–H groups in total. The summed E-state index contributed by atoms with van der Waals surface area (Å²) in [7, 11) is 0. The monoisotopic (exact) mass is 486 g/mol. The van der Waals surface area contributed by atoms with E-state index in [0.29, 0.717) is 22.3 Å². The minimum absolute atomic E-state index is 0.266. The van der Waals surface area contributed by atoms with Crippen LogP contribution in [0.25, 0.3) is 41.1 Å². The van der Waals surface area contributed by atoms with E-state index >= 15 is 0 Å². The summed E-state index contributed by atoms with van der Waals surface area (Å²) in [4.78, 5) is 28.0. The van der Waals surface area contributed by atoms with Crippen LogP contribution in [0.5, 0.6) is 0 Å². The Morgan fingerprint density at radius 3 is 1.44 bits per heavy atom. The number of fused-ring (bicyclic) bond motifs is 2. The molecular weight excluding hydrogens is 464 g/mol. The summed E-state index contributed by atoms with van der Waals surface area (Å²) in [6.07, 6.45) is 0. The topological polar surface area (TPSA) is 52.6 Å². The molecule has 0 spiro atoms. The molecule has 0 saturated carbocycles. The summed E-state index contributed by atoms with van der Waals surface area (Å²) in [6, 6.07) is 23.8. The minimum atomic E-state index is -0.410. The van der Waals surface area contributed by atoms with Crippen molar-refractivity contribution in [3.05, 3.63) is 83.9 Å². The van der Waals surface area contributed by atoms with Gasteiger partial charge in [0.05, 0.1) is 24.3 Å². The Morgan fingerprint density at radius 2 is 1.06 bits per heavy atom. The second-order valence-electron chi connectivity index (χ2n) is 7.68. The maximum Gasteiger partial charge on any atom is 0.338 e. The summed E-state index contributed by atoms with van der Waals surface area (Å²) >= 11 is 3.16. The van der Waals surface area contributed by atoms with Crippen molar-refractivity contribution in [3.63, 3.8) is 0 Å². The predicted molar refractivity (Wildman–Crippen MR) is 140 cm³/mol. The minimum Gasteiger partial charge on any atom is -0.462 e. The van der Waals surface area contributed by atoms with Crippen molar-refractivity contribution in [2.24, 2.45) is 0 Å². The van der Waals surface area contributed by atoms with Crippen LogP contribution in [0, 0.1) is 0 Å². The number of rotatable bonds is 6. The SMILES string of the molecule is CCOC(=O)c1cc(-c2cc3ccccc3s2)c(C(=O)OCC)cc1-c1cc2ccccc2s1. The maximum absolute atomic E-state index is 13.1. The van der Waals surface area contributed by atoms with Gasteiger partial charge in [0, 0.05) is 30.3 Å². The molecule has 2 aromatic heterocycles. The number of carbonyl (C=O) groups excluding carboxylic acids is 2. The molecule has 0 amide bonds. The highest BCUT2D eigenvalue weighted by Gasteiger charge is 2.24. The Balaban J connectivity index is 1.77. The van der Waals surface area contributed by atoms with Crippen LogP contribution in [0.1, 0.15) is 34.6 Å². The molecule has 0 aliphatic heterocycles. The third-order valence-electron chi connectivity index (χ3n) is 5.53. The zero-order valence-electron chi connectivity index (χ0n) is 18.8. The van der Waals surface area contributed by atoms with Gasteiger partial charge in [-0.05, 0) is 61.0 Å². The van der Waals surface area contributed by atoms with Crippen LogP contribution < -0.4 is 0 Å². The smallest absolute Gasteiger partial charge is 0.338 e. The number of hydrogen-bond donors (Lipinski definition) is 0. The van der Waals surface area contributed by atoms with Crippen molar-refractivity contribution < 1.29 is 19.1 Å². The van der Waals surface area contributed by atoms with E-state index in [4.69, 9.17) is 9.47 Å². The van der Waals surface area contributed by atoms with E-state index in [-0.39, 0.29) is 13.2 Å². The Hall–Kier alpha value is -3.48. The van der Waals surface area contributed by atoms with Crippen molar-refractivity contribution in [3.8, 4) is 20.9 Å². The van der Waals surface area contributed by atoms with E-state index < -0.39 is 11.9 Å². The number of hydrogen-bond acceptors (Lipinski definition) is 6. The van der Waals surface area contributed by atoms with E-state index in [1.54, 1.807) is 48.7 Å². The maximum atomic E-state index is 13.1. The first-order valence-electron chi connectivity index (χ1n) is 11.1. The largest absolute Gasteiger partial charge is 0.462 e. The molecule has 6 heteroatoms. The van der Waals surface area contributed by atoms with Gasteiger partial charge in [-0.3, -0.25) is 0 Å². The summed E-state index contributed by atoms with van der Waals surface area (Å²) < 4.78 is 13.0. The Morgan fingerprint density at radius 1 is 0.647 bits per heavy atom. The molecular formula is C28H22O4S2. The highest BCUT2D eigenvalue weighted by atomic mass is 32.1. The van der Waals surface area contributed by atoms with Gasteiger partial charge in [0.1, 0.15) is 0 Å². The van der Waals surface area contributed by atoms with Crippen LogP contribution in [-0.4, -0.2) is 25.2 Å². The van der Waals surface area contributed by atoms with E-state index in [1.165, 1.54) is 0 Å². The molecule has 0 unspecified atom stereocenters. The molecule has 0 aliphatic carbocycles. The lowest BCUT2D eigenvalue weighted by molar-refractivity contribution is 0.0513. The number of esters is 2. The first kappa shape index (κ1) is 22.3. The summed E-state index contributed by atoms with van der Waals surface area (Å²) in [5.74, 6) is -0.819. The molecule has 5 rings (SSSR count). The molecule has 34 heavy (non-hydrogen) atoms. The van der Waals surface area contributed by atoms with Crippen LogP contribution in [0.3, 0.4) is 0 Å². The van der Waals surface area contributed by atoms with Gasteiger partial charge in [-0.1, -0.05) is 36.4 Å². The van der Waals surface area contributed by atoms with Gasteiger partial charge in [0.25, 0.3) is 0 Å². The Bertz CT molecular complexity index is 1340. The number of carbonyl (C=O) groups is 2. The highest BCUT2D eigenvalue weighted by Crippen LogP contribution is 2.41. The molecule has 170 valence electrons. The van der Waals surface area contributed by atoms with Crippen LogP contribution in [0.2, 0.25) is 0 Å². The fourth-order valence-corrected chi connectivity index (χ4v) is 6.18. The summed E-state index contributed by atoms with van der Waals surface area (Å²) in [5, 5.41) is 2.17. The van der Waals surface area contributed by atoms with Gasteiger partial charge in [-0.25, -0.2) is 9.59 Å². The van der Waals surface area contributed by atoms with Crippen molar-refractivity contribution in [2.75, 3.05) is 13.2 Å². The molecule has 2 heterocycles. The standard InChI is InChI=1S/C28H22O4S2/c1-3-31-27(29)21-15-20(26-14-18-10-6-8-12-24(18)34-26)22(28(30)32-4-2)16-19(21)25-13-17-9-5-7-11-23(17)33-25/h5-16H,3-4H2,1-2H3. The van der Waals surface area contributed by atoms with E-state index in [9.17, 15) is 9.59 Å². The number of benzene rings is 3. The average molecular weight is 487 g/mol. The number of ether oxygens (including phenoxy) is 2. The Labute approximate surface area is 205 Å². The van der Waals surface area contributed by atoms with Crippen LogP contribution >= 0.6 is 22.7 Å². The van der Waals surface area contributed by atoms with Crippen molar-refractivity contribution in [1.82, 2.24) is 0 Å². The molecule has 5 aromatic rings. The lowest BCUT2D eigenvalue weighted by Gasteiger charge is -2.14. The second-order valence-corrected chi connectivity index (χ2v) is 9.85. The molecule has 3 aromatic carbocycles. The van der Waals surface area contributed by atoms with E-state index in [2.05, 4.69) is 0 Å². The van der Waals surface area contributed by atoms with Gasteiger partial charge in [-0.2, -0.15) is 0 Å². The van der Waals surface area contributed by atoms with Crippen LogP contribution in [-0.2, 0) is 9.47 Å². The molecule has 0 fully saturated rings. The fourth-order valence-electron chi connectivity index (χ4n) is 3.99.